The van der Waals surface area contributed by atoms with E-state index in [9.17, 15) is 22.2 Å². The maximum absolute atomic E-state index is 13.6. The molecule has 6 rings (SSSR count). The molecule has 7 nitrogen and oxygen atoms in total. The van der Waals surface area contributed by atoms with E-state index in [1.165, 1.54) is 30.0 Å². The summed E-state index contributed by atoms with van der Waals surface area (Å²) in [7, 11) is -4.53. The summed E-state index contributed by atoms with van der Waals surface area (Å²) in [6, 6.07) is 10.6. The van der Waals surface area contributed by atoms with E-state index in [2.05, 4.69) is 10.2 Å². The Labute approximate surface area is 202 Å². The van der Waals surface area contributed by atoms with Crippen molar-refractivity contribution in [3.8, 4) is 0 Å². The van der Waals surface area contributed by atoms with Gasteiger partial charge in [0.05, 0.1) is 5.69 Å². The van der Waals surface area contributed by atoms with Gasteiger partial charge in [0.15, 0.2) is 5.37 Å². The molecular formula is C24H26FN3O4S2. The molecule has 0 aliphatic carbocycles. The third kappa shape index (κ3) is 4.59. The van der Waals surface area contributed by atoms with Crippen molar-refractivity contribution >= 4 is 38.4 Å². The number of hydrogen-bond donors (Lipinski definition) is 2. The quantitative estimate of drug-likeness (QED) is 0.604. The first-order valence-electron chi connectivity index (χ1n) is 11.2. The highest BCUT2D eigenvalue weighted by Gasteiger charge is 2.40. The topological polar surface area (TPSA) is 90.0 Å². The first-order chi connectivity index (χ1) is 16.2. The van der Waals surface area contributed by atoms with Crippen LogP contribution in [-0.4, -0.2) is 54.8 Å². The number of carbonyl (C=O) groups is 1. The summed E-state index contributed by atoms with van der Waals surface area (Å²) in [5, 5.41) is 2.42. The lowest BCUT2D eigenvalue weighted by Crippen LogP contribution is -2.59. The van der Waals surface area contributed by atoms with Crippen molar-refractivity contribution in [2.24, 2.45) is 5.92 Å². The molecule has 2 aromatic carbocycles. The van der Waals surface area contributed by atoms with Crippen LogP contribution in [0.2, 0.25) is 0 Å². The molecule has 4 aliphatic heterocycles. The molecule has 0 saturated carbocycles. The number of rotatable bonds is 5. The number of aryl methyl sites for hydroxylation is 1. The van der Waals surface area contributed by atoms with E-state index in [0.717, 1.165) is 43.6 Å². The number of hydrogen-bond acceptors (Lipinski definition) is 6. The Morgan fingerprint density at radius 2 is 1.85 bits per heavy atom. The fourth-order valence-electron chi connectivity index (χ4n) is 4.96. The molecule has 180 valence electrons. The number of carbonyl (C=O) groups excluding carboxylic acids is 1. The van der Waals surface area contributed by atoms with Crippen LogP contribution >= 0.6 is 11.8 Å². The number of nitrogens with zero attached hydrogens (tertiary/aromatic N) is 2. The second-order valence-corrected chi connectivity index (χ2v) is 11.6. The fraction of sp³-hybridized carbons (Fsp3) is 0.375. The Hall–Kier alpha value is -2.40. The zero-order valence-corrected chi connectivity index (χ0v) is 20.3. The maximum Gasteiger partial charge on any atom is 0.296 e. The SMILES string of the molecule is Cc1ccc(S(=O)(=O)O)c(N2C=C(c3ccc(F)cc3)SC2C(=O)N[C@H]2CN3CCC2CC3)c1. The molecule has 0 spiro atoms. The van der Waals surface area contributed by atoms with Crippen molar-refractivity contribution in [2.75, 3.05) is 24.5 Å². The molecule has 34 heavy (non-hydrogen) atoms. The van der Waals surface area contributed by atoms with Gasteiger partial charge in [0.25, 0.3) is 16.0 Å². The molecule has 2 N–H and O–H groups in total. The number of benzene rings is 2. The van der Waals surface area contributed by atoms with E-state index in [1.54, 1.807) is 35.4 Å². The summed E-state index contributed by atoms with van der Waals surface area (Å²) in [6.07, 6.45) is 3.80. The zero-order valence-electron chi connectivity index (χ0n) is 18.6. The van der Waals surface area contributed by atoms with Crippen molar-refractivity contribution in [1.82, 2.24) is 10.2 Å². The van der Waals surface area contributed by atoms with E-state index in [-0.39, 0.29) is 28.3 Å². The van der Waals surface area contributed by atoms with Crippen molar-refractivity contribution in [3.63, 3.8) is 0 Å². The normalized spacial score (nSPS) is 26.4. The standard InChI is InChI=1S/C24H26FN3O4S2/c1-15-2-7-22(34(30,31)32)20(12-15)28-14-21(17-3-5-18(25)6-4-17)33-24(28)23(29)26-19-13-27-10-8-16(19)9-11-27/h2-7,12,14,16,19,24H,8-11,13H2,1H3,(H,26,29)(H,30,31,32)/t19-,24?/m0/s1. The first kappa shape index (κ1) is 23.3. The van der Waals surface area contributed by atoms with E-state index in [1.807, 2.05) is 6.92 Å². The van der Waals surface area contributed by atoms with E-state index in [0.29, 0.717) is 10.8 Å². The molecule has 0 aromatic heterocycles. The zero-order chi connectivity index (χ0) is 24.0. The van der Waals surface area contributed by atoms with Gasteiger partial charge in [-0.2, -0.15) is 8.42 Å². The fourth-order valence-corrected chi connectivity index (χ4v) is 6.78. The number of piperidine rings is 3. The molecule has 2 atom stereocenters. The third-order valence-electron chi connectivity index (χ3n) is 6.75. The van der Waals surface area contributed by atoms with Crippen LogP contribution in [0.4, 0.5) is 10.1 Å². The molecule has 0 radical (unpaired) electrons. The summed E-state index contributed by atoms with van der Waals surface area (Å²) >= 11 is 1.28. The van der Waals surface area contributed by atoms with Crippen LogP contribution in [0.1, 0.15) is 24.0 Å². The van der Waals surface area contributed by atoms with Gasteiger partial charge in [-0.15, -0.1) is 0 Å². The Balaban J connectivity index is 1.51. The minimum absolute atomic E-state index is 0.0471. The van der Waals surface area contributed by atoms with Crippen LogP contribution in [-0.2, 0) is 14.9 Å². The van der Waals surface area contributed by atoms with Gasteiger partial charge in [-0.25, -0.2) is 4.39 Å². The van der Waals surface area contributed by atoms with Crippen molar-refractivity contribution in [3.05, 3.63) is 65.6 Å². The maximum atomic E-state index is 13.6. The van der Waals surface area contributed by atoms with Crippen LogP contribution in [0.3, 0.4) is 0 Å². The van der Waals surface area contributed by atoms with Gasteiger partial charge in [-0.1, -0.05) is 30.0 Å². The van der Waals surface area contributed by atoms with Gasteiger partial charge in [0.1, 0.15) is 10.7 Å². The largest absolute Gasteiger partial charge is 0.349 e. The van der Waals surface area contributed by atoms with E-state index in [4.69, 9.17) is 0 Å². The molecule has 4 heterocycles. The summed E-state index contributed by atoms with van der Waals surface area (Å²) in [5.74, 6) is -0.154. The Morgan fingerprint density at radius 3 is 2.47 bits per heavy atom. The van der Waals surface area contributed by atoms with Crippen LogP contribution in [0, 0.1) is 18.7 Å². The third-order valence-corrected chi connectivity index (χ3v) is 8.92. The Kier molecular flexibility index (Phi) is 6.18. The lowest BCUT2D eigenvalue weighted by Gasteiger charge is -2.45. The van der Waals surface area contributed by atoms with Crippen LogP contribution in [0.25, 0.3) is 4.91 Å². The van der Waals surface area contributed by atoms with Gasteiger partial charge in [-0.05, 0) is 74.2 Å². The molecule has 1 unspecified atom stereocenters. The smallest absolute Gasteiger partial charge is 0.296 e. The van der Waals surface area contributed by atoms with Crippen molar-refractivity contribution < 1.29 is 22.2 Å². The second-order valence-electron chi connectivity index (χ2n) is 9.08. The lowest BCUT2D eigenvalue weighted by molar-refractivity contribution is -0.122. The number of halogens is 1. The molecule has 10 heteroatoms. The first-order valence-corrected chi connectivity index (χ1v) is 13.5. The minimum Gasteiger partial charge on any atom is -0.349 e. The average molecular weight is 504 g/mol. The average Bonchev–Trinajstić information content (AvgIpc) is 3.25. The molecule has 4 aliphatic rings. The highest BCUT2D eigenvalue weighted by Crippen LogP contribution is 2.44. The molecule has 2 aromatic rings. The number of thioether (sulfide) groups is 1. The number of amides is 1. The predicted octanol–water partition coefficient (Wildman–Crippen LogP) is 3.47. The van der Waals surface area contributed by atoms with Gasteiger partial charge in [-0.3, -0.25) is 9.35 Å². The molecule has 3 saturated heterocycles. The van der Waals surface area contributed by atoms with Crippen LogP contribution < -0.4 is 10.2 Å². The number of nitrogens with one attached hydrogen (secondary N) is 1. The van der Waals surface area contributed by atoms with E-state index < -0.39 is 15.5 Å². The predicted molar refractivity (Wildman–Crippen MR) is 130 cm³/mol. The summed E-state index contributed by atoms with van der Waals surface area (Å²) < 4.78 is 47.6. The van der Waals surface area contributed by atoms with Crippen LogP contribution in [0.5, 0.6) is 0 Å². The number of anilines is 1. The summed E-state index contributed by atoms with van der Waals surface area (Å²) in [5.41, 5.74) is 1.73. The molecular weight excluding hydrogens is 477 g/mol. The van der Waals surface area contributed by atoms with E-state index >= 15 is 0 Å². The number of fused-ring (bicyclic) bond motifs is 3. The highest BCUT2D eigenvalue weighted by atomic mass is 32.2. The summed E-state index contributed by atoms with van der Waals surface area (Å²) in [4.78, 5) is 17.9. The second kappa shape index (κ2) is 8.99. The minimum atomic E-state index is -4.53. The molecule has 3 fully saturated rings. The van der Waals surface area contributed by atoms with Gasteiger partial charge in [0.2, 0.25) is 0 Å². The Bertz CT molecular complexity index is 1240. The molecule has 2 bridgehead atoms. The molecule has 1 amide bonds. The monoisotopic (exact) mass is 503 g/mol. The summed E-state index contributed by atoms with van der Waals surface area (Å²) in [6.45, 7) is 4.73. The lowest BCUT2D eigenvalue weighted by atomic mass is 9.84. The van der Waals surface area contributed by atoms with Crippen molar-refractivity contribution in [1.29, 1.82) is 0 Å². The van der Waals surface area contributed by atoms with Crippen molar-refractivity contribution in [2.45, 2.75) is 36.1 Å². The highest BCUT2D eigenvalue weighted by molar-refractivity contribution is 8.09. The van der Waals surface area contributed by atoms with Gasteiger partial charge >= 0.3 is 0 Å². The van der Waals surface area contributed by atoms with Gasteiger partial charge < -0.3 is 15.1 Å². The van der Waals surface area contributed by atoms with Gasteiger partial charge in [0, 0.05) is 23.7 Å². The van der Waals surface area contributed by atoms with Crippen LogP contribution in [0.15, 0.2) is 53.6 Å². The Morgan fingerprint density at radius 1 is 1.15 bits per heavy atom.